The molecule has 2 fully saturated rings. The minimum atomic E-state index is 0.551. The maximum Gasteiger partial charge on any atom is 0.152 e. The Balaban J connectivity index is 1.39. The number of imidazole rings is 1. The van der Waals surface area contributed by atoms with Crippen LogP contribution in [0.4, 0.5) is 0 Å². The van der Waals surface area contributed by atoms with Gasteiger partial charge in [-0.3, -0.25) is 0 Å². The Morgan fingerprint density at radius 3 is 2.48 bits per heavy atom. The van der Waals surface area contributed by atoms with Crippen LogP contribution in [0.3, 0.4) is 0 Å². The van der Waals surface area contributed by atoms with Crippen molar-refractivity contribution in [2.24, 2.45) is 7.05 Å². The Morgan fingerprint density at radius 1 is 1.04 bits per heavy atom. The molecule has 25 heavy (non-hydrogen) atoms. The summed E-state index contributed by atoms with van der Waals surface area (Å²) in [5.41, 5.74) is 0. The van der Waals surface area contributed by atoms with Crippen molar-refractivity contribution in [1.82, 2.24) is 29.2 Å². The van der Waals surface area contributed by atoms with Crippen molar-refractivity contribution in [3.05, 3.63) is 29.9 Å². The highest BCUT2D eigenvalue weighted by molar-refractivity contribution is 5.05. The highest BCUT2D eigenvalue weighted by Crippen LogP contribution is 2.31. The minimum Gasteiger partial charge on any atom is -0.328 e. The van der Waals surface area contributed by atoms with Crippen LogP contribution in [0.1, 0.15) is 68.3 Å². The number of hydrogen-bond acceptors (Lipinski definition) is 4. The molecule has 6 heteroatoms. The molecule has 2 aromatic heterocycles. The molecular weight excluding hydrogens is 312 g/mol. The average Bonchev–Trinajstić information content (AvgIpc) is 3.23. The first kappa shape index (κ1) is 16.8. The van der Waals surface area contributed by atoms with Gasteiger partial charge in [0.2, 0.25) is 0 Å². The normalized spacial score (nSPS) is 21.0. The van der Waals surface area contributed by atoms with Crippen molar-refractivity contribution in [3.8, 4) is 0 Å². The molecule has 4 rings (SSSR count). The van der Waals surface area contributed by atoms with Gasteiger partial charge in [0.15, 0.2) is 5.82 Å². The van der Waals surface area contributed by atoms with Crippen molar-refractivity contribution >= 4 is 0 Å². The maximum atomic E-state index is 4.55. The zero-order valence-corrected chi connectivity index (χ0v) is 15.6. The van der Waals surface area contributed by atoms with E-state index in [1.54, 1.807) is 0 Å². The van der Waals surface area contributed by atoms with E-state index < -0.39 is 0 Å². The number of nitrogens with zero attached hydrogens (tertiary/aromatic N) is 6. The van der Waals surface area contributed by atoms with E-state index in [4.69, 9.17) is 0 Å². The SMILES string of the molecule is Cc1nccn1Cc1nnc(C2CCN(C3CCCCC3)CC2)n1C. The maximum absolute atomic E-state index is 4.55. The summed E-state index contributed by atoms with van der Waals surface area (Å²) in [7, 11) is 2.12. The van der Waals surface area contributed by atoms with Crippen molar-refractivity contribution in [3.63, 3.8) is 0 Å². The van der Waals surface area contributed by atoms with Crippen molar-refractivity contribution in [2.75, 3.05) is 13.1 Å². The highest BCUT2D eigenvalue weighted by atomic mass is 15.3. The van der Waals surface area contributed by atoms with E-state index >= 15 is 0 Å². The number of rotatable bonds is 4. The third-order valence-electron chi connectivity index (χ3n) is 6.22. The lowest BCUT2D eigenvalue weighted by Gasteiger charge is -2.39. The van der Waals surface area contributed by atoms with Gasteiger partial charge in [-0.1, -0.05) is 19.3 Å². The fourth-order valence-corrected chi connectivity index (χ4v) is 4.56. The summed E-state index contributed by atoms with van der Waals surface area (Å²) in [6, 6.07) is 0.842. The van der Waals surface area contributed by atoms with Gasteiger partial charge in [-0.2, -0.15) is 0 Å². The van der Waals surface area contributed by atoms with E-state index in [0.29, 0.717) is 5.92 Å². The molecule has 0 aromatic carbocycles. The second-order valence-corrected chi connectivity index (χ2v) is 7.74. The molecular formula is C19H30N6. The lowest BCUT2D eigenvalue weighted by atomic mass is 9.90. The molecule has 3 heterocycles. The van der Waals surface area contributed by atoms with Crippen LogP contribution in [0.15, 0.2) is 12.4 Å². The van der Waals surface area contributed by atoms with Crippen molar-refractivity contribution < 1.29 is 0 Å². The third-order valence-corrected chi connectivity index (χ3v) is 6.22. The lowest BCUT2D eigenvalue weighted by Crippen LogP contribution is -2.42. The second kappa shape index (κ2) is 7.28. The van der Waals surface area contributed by atoms with Gasteiger partial charge in [-0.05, 0) is 45.7 Å². The largest absolute Gasteiger partial charge is 0.328 e. The van der Waals surface area contributed by atoms with Crippen molar-refractivity contribution in [2.45, 2.75) is 70.4 Å². The Bertz CT molecular complexity index is 689. The Labute approximate surface area is 150 Å². The zero-order chi connectivity index (χ0) is 17.2. The second-order valence-electron chi connectivity index (χ2n) is 7.74. The lowest BCUT2D eigenvalue weighted by molar-refractivity contribution is 0.120. The van der Waals surface area contributed by atoms with Crippen LogP contribution >= 0.6 is 0 Å². The standard InChI is InChI=1S/C19H30N6/c1-15-20-10-13-25(15)14-18-21-22-19(23(18)2)16-8-11-24(12-9-16)17-6-4-3-5-7-17/h10,13,16-17H,3-9,11-12,14H2,1-2H3. The van der Waals surface area contributed by atoms with Gasteiger partial charge in [0.25, 0.3) is 0 Å². The van der Waals surface area contributed by atoms with Gasteiger partial charge in [0, 0.05) is 31.4 Å². The van der Waals surface area contributed by atoms with Crippen molar-refractivity contribution in [1.29, 1.82) is 0 Å². The molecule has 0 unspecified atom stereocenters. The molecule has 2 aliphatic rings. The van der Waals surface area contributed by atoms with Crippen LogP contribution in [-0.4, -0.2) is 48.3 Å². The molecule has 1 aliphatic heterocycles. The van der Waals surface area contributed by atoms with E-state index in [-0.39, 0.29) is 0 Å². The fraction of sp³-hybridized carbons (Fsp3) is 0.737. The van der Waals surface area contributed by atoms with Crippen LogP contribution in [-0.2, 0) is 13.6 Å². The van der Waals surface area contributed by atoms with Gasteiger partial charge in [0.05, 0.1) is 6.54 Å². The number of aromatic nitrogens is 5. The first-order valence-corrected chi connectivity index (χ1v) is 9.82. The molecule has 0 bridgehead atoms. The molecule has 1 aliphatic carbocycles. The first-order valence-electron chi connectivity index (χ1n) is 9.82. The molecule has 0 spiro atoms. The summed E-state index contributed by atoms with van der Waals surface area (Å²) < 4.78 is 4.33. The predicted octanol–water partition coefficient (Wildman–Crippen LogP) is 2.88. The van der Waals surface area contributed by atoms with Gasteiger partial charge < -0.3 is 14.0 Å². The summed E-state index contributed by atoms with van der Waals surface area (Å²) in [6.07, 6.45) is 13.4. The van der Waals surface area contributed by atoms with E-state index in [2.05, 4.69) is 36.3 Å². The molecule has 1 saturated heterocycles. The Morgan fingerprint density at radius 2 is 1.80 bits per heavy atom. The molecule has 136 valence electrons. The van der Waals surface area contributed by atoms with E-state index in [0.717, 1.165) is 30.1 Å². The molecule has 2 aromatic rings. The van der Waals surface area contributed by atoms with Crippen LogP contribution in [0.25, 0.3) is 0 Å². The monoisotopic (exact) mass is 342 g/mol. The number of piperidine rings is 1. The number of aryl methyl sites for hydroxylation is 1. The van der Waals surface area contributed by atoms with E-state index in [1.165, 1.54) is 58.0 Å². The average molecular weight is 342 g/mol. The topological polar surface area (TPSA) is 51.8 Å². The predicted molar refractivity (Wildman–Crippen MR) is 97.5 cm³/mol. The first-order chi connectivity index (χ1) is 12.2. The summed E-state index contributed by atoms with van der Waals surface area (Å²) in [4.78, 5) is 7.03. The summed E-state index contributed by atoms with van der Waals surface area (Å²) in [5, 5.41) is 9.01. The Hall–Kier alpha value is -1.69. The molecule has 0 N–H and O–H groups in total. The van der Waals surface area contributed by atoms with Gasteiger partial charge in [-0.25, -0.2) is 4.98 Å². The quantitative estimate of drug-likeness (QED) is 0.857. The molecule has 6 nitrogen and oxygen atoms in total. The van der Waals surface area contributed by atoms with Gasteiger partial charge in [-0.15, -0.1) is 10.2 Å². The summed E-state index contributed by atoms with van der Waals surface area (Å²) >= 11 is 0. The van der Waals surface area contributed by atoms with E-state index in [1.807, 2.05) is 19.3 Å². The molecule has 0 radical (unpaired) electrons. The van der Waals surface area contributed by atoms with Crippen LogP contribution < -0.4 is 0 Å². The van der Waals surface area contributed by atoms with Gasteiger partial charge >= 0.3 is 0 Å². The zero-order valence-electron chi connectivity index (χ0n) is 15.6. The minimum absolute atomic E-state index is 0.551. The highest BCUT2D eigenvalue weighted by Gasteiger charge is 2.29. The van der Waals surface area contributed by atoms with Crippen LogP contribution in [0.5, 0.6) is 0 Å². The van der Waals surface area contributed by atoms with Crippen LogP contribution in [0.2, 0.25) is 0 Å². The van der Waals surface area contributed by atoms with Gasteiger partial charge in [0.1, 0.15) is 11.6 Å². The number of hydrogen-bond donors (Lipinski definition) is 0. The Kier molecular flexibility index (Phi) is 4.88. The molecule has 0 atom stereocenters. The summed E-state index contributed by atoms with van der Waals surface area (Å²) in [6.45, 7) is 5.21. The molecule has 1 saturated carbocycles. The fourth-order valence-electron chi connectivity index (χ4n) is 4.56. The smallest absolute Gasteiger partial charge is 0.152 e. The van der Waals surface area contributed by atoms with Crippen LogP contribution in [0, 0.1) is 6.92 Å². The number of likely N-dealkylation sites (tertiary alicyclic amines) is 1. The third kappa shape index (κ3) is 3.50. The molecule has 0 amide bonds. The van der Waals surface area contributed by atoms with E-state index in [9.17, 15) is 0 Å². The summed E-state index contributed by atoms with van der Waals surface area (Å²) in [5.74, 6) is 3.75.